The van der Waals surface area contributed by atoms with E-state index in [0.717, 1.165) is 12.1 Å². The molecule has 1 unspecified atom stereocenters. The first-order chi connectivity index (χ1) is 12.4. The van der Waals surface area contributed by atoms with Crippen LogP contribution in [0.3, 0.4) is 0 Å². The van der Waals surface area contributed by atoms with Crippen molar-refractivity contribution in [1.82, 2.24) is 0 Å². The van der Waals surface area contributed by atoms with Gasteiger partial charge in [-0.2, -0.15) is 0 Å². The Kier molecular flexibility index (Phi) is 3.87. The second-order valence-corrected chi connectivity index (χ2v) is 7.75. The molecule has 3 aromatic carbocycles. The number of nitrogens with zero attached hydrogens (tertiary/aromatic N) is 1. The van der Waals surface area contributed by atoms with Crippen molar-refractivity contribution in [3.63, 3.8) is 0 Å². The predicted molar refractivity (Wildman–Crippen MR) is 109 cm³/mol. The van der Waals surface area contributed by atoms with Crippen LogP contribution in [0.1, 0.15) is 46.7 Å². The number of oxime groups is 1. The summed E-state index contributed by atoms with van der Waals surface area (Å²) < 4.78 is 0. The van der Waals surface area contributed by atoms with Crippen molar-refractivity contribution < 1.29 is 4.84 Å². The summed E-state index contributed by atoms with van der Waals surface area (Å²) in [5.41, 5.74) is 8.24. The van der Waals surface area contributed by atoms with Crippen LogP contribution < -0.4 is 0 Å². The molecule has 1 heterocycles. The largest absolute Gasteiger partial charge is 0.384 e. The minimum atomic E-state index is -0.412. The SMILES string of the molecule is Cc1cc(C2(C)CC(c3ccc(C)c4ccccc34)=NO2)cc(C)c1C. The van der Waals surface area contributed by atoms with Gasteiger partial charge in [0.15, 0.2) is 5.60 Å². The molecule has 1 aliphatic rings. The minimum Gasteiger partial charge on any atom is -0.384 e. The lowest BCUT2D eigenvalue weighted by molar-refractivity contribution is -0.00747. The molecule has 0 radical (unpaired) electrons. The van der Waals surface area contributed by atoms with Crippen LogP contribution in [0.2, 0.25) is 0 Å². The topological polar surface area (TPSA) is 21.6 Å². The van der Waals surface area contributed by atoms with Crippen LogP contribution in [-0.4, -0.2) is 5.71 Å². The molecule has 0 N–H and O–H groups in total. The van der Waals surface area contributed by atoms with Crippen LogP contribution in [0.15, 0.2) is 53.7 Å². The second-order valence-electron chi connectivity index (χ2n) is 7.75. The maximum absolute atomic E-state index is 6.01. The molecule has 0 fully saturated rings. The Morgan fingerprint density at radius 1 is 0.846 bits per heavy atom. The molecule has 0 bridgehead atoms. The molecule has 1 aliphatic heterocycles. The fourth-order valence-electron chi connectivity index (χ4n) is 3.88. The Balaban J connectivity index is 1.74. The highest BCUT2D eigenvalue weighted by molar-refractivity contribution is 6.12. The Morgan fingerprint density at radius 3 is 2.19 bits per heavy atom. The van der Waals surface area contributed by atoms with E-state index in [0.29, 0.717) is 0 Å². The van der Waals surface area contributed by atoms with Crippen molar-refractivity contribution in [2.45, 2.75) is 46.6 Å². The number of hydrogen-bond acceptors (Lipinski definition) is 2. The van der Waals surface area contributed by atoms with E-state index >= 15 is 0 Å². The first-order valence-electron chi connectivity index (χ1n) is 9.21. The van der Waals surface area contributed by atoms with Crippen molar-refractivity contribution in [2.24, 2.45) is 5.16 Å². The van der Waals surface area contributed by atoms with Crippen molar-refractivity contribution in [2.75, 3.05) is 0 Å². The Hall–Kier alpha value is -2.61. The molecule has 0 saturated heterocycles. The van der Waals surface area contributed by atoms with Gasteiger partial charge in [0.2, 0.25) is 0 Å². The van der Waals surface area contributed by atoms with E-state index in [2.05, 4.69) is 88.3 Å². The summed E-state index contributed by atoms with van der Waals surface area (Å²) in [6.45, 7) is 10.8. The van der Waals surface area contributed by atoms with Gasteiger partial charge in [-0.3, -0.25) is 0 Å². The normalized spacial score (nSPS) is 19.5. The van der Waals surface area contributed by atoms with Crippen LogP contribution in [0.25, 0.3) is 10.8 Å². The molecular formula is C24H25NO. The summed E-state index contributed by atoms with van der Waals surface area (Å²) in [7, 11) is 0. The average molecular weight is 343 g/mol. The predicted octanol–water partition coefficient (Wildman–Crippen LogP) is 6.11. The van der Waals surface area contributed by atoms with Gasteiger partial charge in [-0.05, 0) is 73.2 Å². The first kappa shape index (κ1) is 16.8. The van der Waals surface area contributed by atoms with Gasteiger partial charge < -0.3 is 4.84 Å². The van der Waals surface area contributed by atoms with E-state index < -0.39 is 5.60 Å². The molecule has 26 heavy (non-hydrogen) atoms. The zero-order valence-corrected chi connectivity index (χ0v) is 16.2. The number of rotatable bonds is 2. The lowest BCUT2D eigenvalue weighted by Crippen LogP contribution is -2.22. The Bertz CT molecular complexity index is 1020. The number of aryl methyl sites for hydroxylation is 3. The standard InChI is InChI=1S/C24H25NO/c1-15-10-11-22(21-9-7-6-8-20(15)21)23-14-24(5,26-25-23)19-12-16(2)18(4)17(3)13-19/h6-13H,14H2,1-5H3. The molecule has 0 aliphatic carbocycles. The summed E-state index contributed by atoms with van der Waals surface area (Å²) in [5.74, 6) is 0. The number of hydrogen-bond donors (Lipinski definition) is 0. The Labute approximate surface area is 155 Å². The van der Waals surface area contributed by atoms with Crippen LogP contribution >= 0.6 is 0 Å². The molecule has 0 spiro atoms. The number of benzene rings is 3. The molecular weight excluding hydrogens is 318 g/mol. The minimum absolute atomic E-state index is 0.412. The van der Waals surface area contributed by atoms with Gasteiger partial charge >= 0.3 is 0 Å². The summed E-state index contributed by atoms with van der Waals surface area (Å²) >= 11 is 0. The van der Waals surface area contributed by atoms with Gasteiger partial charge in [0.05, 0.1) is 5.71 Å². The second kappa shape index (κ2) is 5.98. The molecule has 0 aromatic heterocycles. The zero-order valence-electron chi connectivity index (χ0n) is 16.2. The average Bonchev–Trinajstić information content (AvgIpc) is 3.03. The van der Waals surface area contributed by atoms with Crippen LogP contribution in [0, 0.1) is 27.7 Å². The number of fused-ring (bicyclic) bond motifs is 1. The van der Waals surface area contributed by atoms with Crippen LogP contribution in [0.4, 0.5) is 0 Å². The summed E-state index contributed by atoms with van der Waals surface area (Å²) in [4.78, 5) is 6.01. The van der Waals surface area contributed by atoms with Gasteiger partial charge in [-0.25, -0.2) is 0 Å². The van der Waals surface area contributed by atoms with Gasteiger partial charge in [0, 0.05) is 12.0 Å². The molecule has 0 saturated carbocycles. The fourth-order valence-corrected chi connectivity index (χ4v) is 3.88. The smallest absolute Gasteiger partial charge is 0.165 e. The molecule has 3 aromatic rings. The van der Waals surface area contributed by atoms with Crippen molar-refractivity contribution in [3.05, 3.63) is 81.9 Å². The lowest BCUT2D eigenvalue weighted by atomic mass is 9.85. The molecule has 4 rings (SSSR count). The monoisotopic (exact) mass is 343 g/mol. The highest BCUT2D eigenvalue weighted by atomic mass is 16.7. The molecule has 2 nitrogen and oxygen atoms in total. The Morgan fingerprint density at radius 2 is 1.50 bits per heavy atom. The van der Waals surface area contributed by atoms with Crippen LogP contribution in [0.5, 0.6) is 0 Å². The molecule has 132 valence electrons. The molecule has 1 atom stereocenters. The molecule has 0 amide bonds. The van der Waals surface area contributed by atoms with Crippen molar-refractivity contribution in [1.29, 1.82) is 0 Å². The van der Waals surface area contributed by atoms with Crippen molar-refractivity contribution >= 4 is 16.5 Å². The fraction of sp³-hybridized carbons (Fsp3) is 0.292. The highest BCUT2D eigenvalue weighted by Gasteiger charge is 2.37. The third-order valence-corrected chi connectivity index (χ3v) is 5.85. The lowest BCUT2D eigenvalue weighted by Gasteiger charge is -2.24. The molecule has 2 heteroatoms. The maximum Gasteiger partial charge on any atom is 0.165 e. The quantitative estimate of drug-likeness (QED) is 0.550. The van der Waals surface area contributed by atoms with E-state index in [1.54, 1.807) is 0 Å². The van der Waals surface area contributed by atoms with Gasteiger partial charge in [-0.15, -0.1) is 0 Å². The van der Waals surface area contributed by atoms with E-state index in [-0.39, 0.29) is 0 Å². The van der Waals surface area contributed by atoms with E-state index in [1.807, 2.05) is 0 Å². The van der Waals surface area contributed by atoms with E-state index in [9.17, 15) is 0 Å². The van der Waals surface area contributed by atoms with E-state index in [4.69, 9.17) is 4.84 Å². The third kappa shape index (κ3) is 2.61. The van der Waals surface area contributed by atoms with Crippen molar-refractivity contribution in [3.8, 4) is 0 Å². The summed E-state index contributed by atoms with van der Waals surface area (Å²) in [6, 6.07) is 17.4. The summed E-state index contributed by atoms with van der Waals surface area (Å²) in [6.07, 6.45) is 0.780. The zero-order chi connectivity index (χ0) is 18.5. The summed E-state index contributed by atoms with van der Waals surface area (Å²) in [5, 5.41) is 7.04. The van der Waals surface area contributed by atoms with Gasteiger partial charge in [0.25, 0.3) is 0 Å². The van der Waals surface area contributed by atoms with E-state index in [1.165, 1.54) is 44.2 Å². The van der Waals surface area contributed by atoms with Crippen LogP contribution in [-0.2, 0) is 10.4 Å². The first-order valence-corrected chi connectivity index (χ1v) is 9.21. The van der Waals surface area contributed by atoms with Gasteiger partial charge in [0.1, 0.15) is 0 Å². The maximum atomic E-state index is 6.01. The third-order valence-electron chi connectivity index (χ3n) is 5.85. The van der Waals surface area contributed by atoms with Gasteiger partial charge in [-0.1, -0.05) is 53.7 Å². The highest BCUT2D eigenvalue weighted by Crippen LogP contribution is 2.38.